The Hall–Kier alpha value is -2.42. The average molecular weight is 214 g/mol. The Morgan fingerprint density at radius 3 is 2.94 bits per heavy atom. The molecule has 0 bridgehead atoms. The Labute approximate surface area is 92.4 Å². The number of H-pyrrole nitrogens is 1. The number of nitriles is 1. The van der Waals surface area contributed by atoms with Crippen molar-refractivity contribution in [2.75, 3.05) is 5.32 Å². The van der Waals surface area contributed by atoms with Crippen LogP contribution >= 0.6 is 0 Å². The number of aromatic nitrogens is 4. The quantitative estimate of drug-likeness (QED) is 0.802. The van der Waals surface area contributed by atoms with Gasteiger partial charge in [0, 0.05) is 24.2 Å². The van der Waals surface area contributed by atoms with Crippen molar-refractivity contribution in [1.29, 1.82) is 5.26 Å². The fraction of sp³-hybridized carbons (Fsp3) is 0.200. The van der Waals surface area contributed by atoms with Gasteiger partial charge in [-0.25, -0.2) is 9.97 Å². The van der Waals surface area contributed by atoms with E-state index in [1.165, 1.54) is 6.20 Å². The summed E-state index contributed by atoms with van der Waals surface area (Å²) < 4.78 is 0. The van der Waals surface area contributed by atoms with Gasteiger partial charge in [0.25, 0.3) is 0 Å². The lowest BCUT2D eigenvalue weighted by Gasteiger charge is -2.12. The number of aromatic amines is 1. The van der Waals surface area contributed by atoms with Gasteiger partial charge >= 0.3 is 0 Å². The molecule has 0 fully saturated rings. The first-order valence-corrected chi connectivity index (χ1v) is 4.77. The highest BCUT2D eigenvalue weighted by molar-refractivity contribution is 5.48. The van der Waals surface area contributed by atoms with Crippen LogP contribution in [0.15, 0.2) is 24.8 Å². The molecule has 0 saturated carbocycles. The molecular formula is C10H10N6. The molecule has 0 aliphatic rings. The Bertz CT molecular complexity index is 498. The van der Waals surface area contributed by atoms with Crippen molar-refractivity contribution in [2.24, 2.45) is 0 Å². The smallest absolute Gasteiger partial charge is 0.182 e. The SMILES string of the molecule is CC(Nc1nccnc1C#N)c1cn[nH]c1. The lowest BCUT2D eigenvalue weighted by atomic mass is 10.2. The number of nitrogens with zero attached hydrogens (tertiary/aromatic N) is 4. The van der Waals surface area contributed by atoms with Gasteiger partial charge in [-0.1, -0.05) is 0 Å². The molecule has 6 nitrogen and oxygen atoms in total. The highest BCUT2D eigenvalue weighted by Crippen LogP contribution is 2.17. The molecule has 1 unspecified atom stereocenters. The Balaban J connectivity index is 2.19. The van der Waals surface area contributed by atoms with Gasteiger partial charge in [-0.2, -0.15) is 10.4 Å². The normalized spacial score (nSPS) is 11.8. The Morgan fingerprint density at radius 2 is 2.25 bits per heavy atom. The number of hydrogen-bond acceptors (Lipinski definition) is 5. The van der Waals surface area contributed by atoms with Gasteiger partial charge in [0.05, 0.1) is 12.2 Å². The summed E-state index contributed by atoms with van der Waals surface area (Å²) in [7, 11) is 0. The minimum absolute atomic E-state index is 0.0162. The minimum Gasteiger partial charge on any atom is -0.361 e. The molecule has 2 rings (SSSR count). The first-order chi connectivity index (χ1) is 7.81. The summed E-state index contributed by atoms with van der Waals surface area (Å²) >= 11 is 0. The van der Waals surface area contributed by atoms with Crippen molar-refractivity contribution < 1.29 is 0 Å². The van der Waals surface area contributed by atoms with Crippen LogP contribution < -0.4 is 5.32 Å². The van der Waals surface area contributed by atoms with Gasteiger partial charge < -0.3 is 5.32 Å². The highest BCUT2D eigenvalue weighted by atomic mass is 15.1. The van der Waals surface area contributed by atoms with Crippen LogP contribution in [-0.4, -0.2) is 20.2 Å². The van der Waals surface area contributed by atoms with Gasteiger partial charge in [-0.05, 0) is 6.92 Å². The van der Waals surface area contributed by atoms with E-state index in [0.717, 1.165) is 5.56 Å². The van der Waals surface area contributed by atoms with Gasteiger partial charge in [0.15, 0.2) is 11.5 Å². The molecule has 0 aliphatic carbocycles. The van der Waals surface area contributed by atoms with Crippen molar-refractivity contribution in [1.82, 2.24) is 20.2 Å². The van der Waals surface area contributed by atoms with Crippen LogP contribution in [-0.2, 0) is 0 Å². The second-order valence-corrected chi connectivity index (χ2v) is 3.26. The zero-order valence-electron chi connectivity index (χ0n) is 8.68. The zero-order valence-corrected chi connectivity index (χ0v) is 8.68. The molecule has 2 aromatic rings. The molecule has 80 valence electrons. The second kappa shape index (κ2) is 4.40. The number of anilines is 1. The summed E-state index contributed by atoms with van der Waals surface area (Å²) in [5.74, 6) is 0.485. The summed E-state index contributed by atoms with van der Waals surface area (Å²) in [6, 6.07) is 2.00. The molecule has 2 aromatic heterocycles. The van der Waals surface area contributed by atoms with Gasteiger partial charge in [-0.3, -0.25) is 5.10 Å². The van der Waals surface area contributed by atoms with Crippen molar-refractivity contribution in [3.63, 3.8) is 0 Å². The van der Waals surface area contributed by atoms with E-state index in [-0.39, 0.29) is 11.7 Å². The Morgan fingerprint density at radius 1 is 1.44 bits per heavy atom. The lowest BCUT2D eigenvalue weighted by molar-refractivity contribution is 0.870. The first-order valence-electron chi connectivity index (χ1n) is 4.77. The van der Waals surface area contributed by atoms with Crippen LogP contribution in [0.2, 0.25) is 0 Å². The van der Waals surface area contributed by atoms with Crippen molar-refractivity contribution >= 4 is 5.82 Å². The molecule has 0 amide bonds. The number of rotatable bonds is 3. The van der Waals surface area contributed by atoms with E-state index in [0.29, 0.717) is 5.82 Å². The third kappa shape index (κ3) is 1.98. The van der Waals surface area contributed by atoms with E-state index in [1.54, 1.807) is 18.6 Å². The van der Waals surface area contributed by atoms with Gasteiger partial charge in [0.1, 0.15) is 6.07 Å². The van der Waals surface area contributed by atoms with Crippen molar-refractivity contribution in [3.05, 3.63) is 36.0 Å². The lowest BCUT2D eigenvalue weighted by Crippen LogP contribution is -2.09. The second-order valence-electron chi connectivity index (χ2n) is 3.26. The third-order valence-electron chi connectivity index (χ3n) is 2.18. The first kappa shape index (κ1) is 10.1. The zero-order chi connectivity index (χ0) is 11.4. The maximum absolute atomic E-state index is 8.85. The van der Waals surface area contributed by atoms with Gasteiger partial charge in [-0.15, -0.1) is 0 Å². The predicted molar refractivity (Wildman–Crippen MR) is 57.4 cm³/mol. The number of hydrogen-bond donors (Lipinski definition) is 2. The molecule has 2 heterocycles. The summed E-state index contributed by atoms with van der Waals surface area (Å²) in [5.41, 5.74) is 1.28. The maximum Gasteiger partial charge on any atom is 0.182 e. The molecule has 0 saturated heterocycles. The summed E-state index contributed by atoms with van der Waals surface area (Å²) in [6.45, 7) is 1.96. The average Bonchev–Trinajstić information content (AvgIpc) is 2.83. The molecule has 6 heteroatoms. The maximum atomic E-state index is 8.85. The molecule has 1 atom stereocenters. The summed E-state index contributed by atoms with van der Waals surface area (Å²) in [5, 5.41) is 18.6. The molecule has 16 heavy (non-hydrogen) atoms. The van der Waals surface area contributed by atoms with E-state index in [2.05, 4.69) is 25.5 Å². The van der Waals surface area contributed by atoms with Crippen LogP contribution in [0.3, 0.4) is 0 Å². The van der Waals surface area contributed by atoms with Crippen LogP contribution in [0.4, 0.5) is 5.82 Å². The van der Waals surface area contributed by atoms with Crippen molar-refractivity contribution in [3.8, 4) is 6.07 Å². The Kier molecular flexibility index (Phi) is 2.78. The van der Waals surface area contributed by atoms with E-state index in [4.69, 9.17) is 5.26 Å². The van der Waals surface area contributed by atoms with Crippen molar-refractivity contribution in [2.45, 2.75) is 13.0 Å². The summed E-state index contributed by atoms with van der Waals surface area (Å²) in [4.78, 5) is 7.99. The molecule has 0 spiro atoms. The van der Waals surface area contributed by atoms with E-state index in [1.807, 2.05) is 13.0 Å². The standard InChI is InChI=1S/C10H10N6/c1-7(8-5-14-15-6-8)16-10-9(4-11)12-2-3-13-10/h2-3,5-7H,1H3,(H,13,16)(H,14,15). The van der Waals surface area contributed by atoms with E-state index in [9.17, 15) is 0 Å². The van der Waals surface area contributed by atoms with Gasteiger partial charge in [0.2, 0.25) is 0 Å². The van der Waals surface area contributed by atoms with E-state index >= 15 is 0 Å². The molecule has 0 radical (unpaired) electrons. The van der Waals surface area contributed by atoms with E-state index < -0.39 is 0 Å². The molecule has 2 N–H and O–H groups in total. The number of nitrogens with one attached hydrogen (secondary N) is 2. The minimum atomic E-state index is 0.0162. The molecular weight excluding hydrogens is 204 g/mol. The molecule has 0 aliphatic heterocycles. The predicted octanol–water partition coefficient (Wildman–Crippen LogP) is 1.24. The summed E-state index contributed by atoms with van der Waals surface area (Å²) in [6.07, 6.45) is 6.55. The third-order valence-corrected chi connectivity index (χ3v) is 2.18. The van der Waals surface area contributed by atoms with Crippen LogP contribution in [0.25, 0.3) is 0 Å². The molecule has 0 aromatic carbocycles. The monoisotopic (exact) mass is 214 g/mol. The topological polar surface area (TPSA) is 90.3 Å². The van der Waals surface area contributed by atoms with Crippen LogP contribution in [0, 0.1) is 11.3 Å². The van der Waals surface area contributed by atoms with Crippen LogP contribution in [0.1, 0.15) is 24.2 Å². The fourth-order valence-corrected chi connectivity index (χ4v) is 1.31. The van der Waals surface area contributed by atoms with Crippen LogP contribution in [0.5, 0.6) is 0 Å². The highest BCUT2D eigenvalue weighted by Gasteiger charge is 2.10. The largest absolute Gasteiger partial charge is 0.361 e. The fourth-order valence-electron chi connectivity index (χ4n) is 1.31.